The second kappa shape index (κ2) is 6.58. The molecule has 90 valence electrons. The minimum atomic E-state index is -0.302. The number of methoxy groups -OCH3 is 2. The van der Waals surface area contributed by atoms with E-state index >= 15 is 0 Å². The van der Waals surface area contributed by atoms with E-state index in [9.17, 15) is 0 Å². The van der Waals surface area contributed by atoms with Gasteiger partial charge in [-0.1, -0.05) is 13.0 Å². The summed E-state index contributed by atoms with van der Waals surface area (Å²) in [7, 11) is 3.28. The summed E-state index contributed by atoms with van der Waals surface area (Å²) in [4.78, 5) is 4.19. The lowest BCUT2D eigenvalue weighted by atomic mass is 10.1. The van der Waals surface area contributed by atoms with Crippen LogP contribution in [0.25, 0.3) is 0 Å². The molecule has 1 N–H and O–H groups in total. The molecular weight excluding hydrogens is 204 g/mol. The van der Waals surface area contributed by atoms with Crippen molar-refractivity contribution < 1.29 is 9.47 Å². The lowest BCUT2D eigenvalue weighted by molar-refractivity contribution is -0.124. The van der Waals surface area contributed by atoms with Crippen LogP contribution in [0, 0.1) is 6.92 Å². The van der Waals surface area contributed by atoms with Gasteiger partial charge in [0.25, 0.3) is 0 Å². The number of hydrogen-bond donors (Lipinski definition) is 1. The Kier molecular flexibility index (Phi) is 5.38. The minimum absolute atomic E-state index is 0.00685. The van der Waals surface area contributed by atoms with Gasteiger partial charge in [-0.2, -0.15) is 0 Å². The fraction of sp³-hybridized carbons (Fsp3) is 0.583. The number of aryl methyl sites for hydroxylation is 1. The van der Waals surface area contributed by atoms with Gasteiger partial charge in [0.2, 0.25) is 0 Å². The Morgan fingerprint density at radius 2 is 2.00 bits per heavy atom. The van der Waals surface area contributed by atoms with Crippen LogP contribution >= 0.6 is 0 Å². The summed E-state index contributed by atoms with van der Waals surface area (Å²) < 4.78 is 10.6. The number of ether oxygens (including phenoxy) is 2. The summed E-state index contributed by atoms with van der Waals surface area (Å²) in [5.41, 5.74) is 2.21. The summed E-state index contributed by atoms with van der Waals surface area (Å²) in [5, 5.41) is 3.34. The fourth-order valence-electron chi connectivity index (χ4n) is 1.71. The standard InChI is InChI=1S/C12H20N2O2/c1-5-14-11(12(15-3)16-4)10-6-9(2)7-13-8-10/h6-8,11-12,14H,5H2,1-4H3. The van der Waals surface area contributed by atoms with Crippen molar-refractivity contribution in [2.45, 2.75) is 26.2 Å². The van der Waals surface area contributed by atoms with Crippen LogP contribution in [0.4, 0.5) is 0 Å². The zero-order valence-electron chi connectivity index (χ0n) is 10.4. The van der Waals surface area contributed by atoms with Crippen LogP contribution in [0.5, 0.6) is 0 Å². The molecular formula is C12H20N2O2. The van der Waals surface area contributed by atoms with Gasteiger partial charge >= 0.3 is 0 Å². The normalized spacial score (nSPS) is 13.1. The zero-order valence-corrected chi connectivity index (χ0v) is 10.4. The van der Waals surface area contributed by atoms with E-state index in [0.717, 1.165) is 17.7 Å². The number of nitrogens with one attached hydrogen (secondary N) is 1. The minimum Gasteiger partial charge on any atom is -0.354 e. The third kappa shape index (κ3) is 3.27. The summed E-state index contributed by atoms with van der Waals surface area (Å²) in [5.74, 6) is 0. The highest BCUT2D eigenvalue weighted by molar-refractivity contribution is 5.20. The van der Waals surface area contributed by atoms with Crippen LogP contribution < -0.4 is 5.32 Å². The molecule has 1 rings (SSSR count). The molecule has 0 saturated heterocycles. The fourth-order valence-corrected chi connectivity index (χ4v) is 1.71. The number of aromatic nitrogens is 1. The summed E-state index contributed by atoms with van der Waals surface area (Å²) in [6, 6.07) is 2.10. The number of rotatable bonds is 6. The quantitative estimate of drug-likeness (QED) is 0.746. The average molecular weight is 224 g/mol. The smallest absolute Gasteiger partial charge is 0.176 e. The lowest BCUT2D eigenvalue weighted by Gasteiger charge is -2.25. The topological polar surface area (TPSA) is 43.4 Å². The first-order valence-electron chi connectivity index (χ1n) is 5.43. The molecule has 0 aromatic carbocycles. The molecule has 0 bridgehead atoms. The van der Waals surface area contributed by atoms with E-state index in [1.165, 1.54) is 0 Å². The van der Waals surface area contributed by atoms with E-state index in [1.54, 1.807) is 14.2 Å². The molecule has 0 fully saturated rings. The van der Waals surface area contributed by atoms with Crippen LogP contribution in [0.1, 0.15) is 24.1 Å². The predicted octanol–water partition coefficient (Wildman–Crippen LogP) is 1.66. The van der Waals surface area contributed by atoms with E-state index in [0.29, 0.717) is 0 Å². The first-order valence-corrected chi connectivity index (χ1v) is 5.43. The van der Waals surface area contributed by atoms with Gasteiger partial charge in [0.15, 0.2) is 6.29 Å². The van der Waals surface area contributed by atoms with Crippen molar-refractivity contribution >= 4 is 0 Å². The average Bonchev–Trinajstić information content (AvgIpc) is 2.29. The Morgan fingerprint density at radius 1 is 1.31 bits per heavy atom. The molecule has 4 heteroatoms. The third-order valence-electron chi connectivity index (χ3n) is 2.42. The maximum absolute atomic E-state index is 5.30. The van der Waals surface area contributed by atoms with Crippen molar-refractivity contribution in [2.75, 3.05) is 20.8 Å². The summed E-state index contributed by atoms with van der Waals surface area (Å²) >= 11 is 0. The van der Waals surface area contributed by atoms with Crippen molar-refractivity contribution in [1.29, 1.82) is 0 Å². The van der Waals surface area contributed by atoms with Gasteiger partial charge in [-0.05, 0) is 24.6 Å². The molecule has 1 aromatic rings. The first-order chi connectivity index (χ1) is 7.72. The van der Waals surface area contributed by atoms with E-state index in [1.807, 2.05) is 19.3 Å². The zero-order chi connectivity index (χ0) is 12.0. The largest absolute Gasteiger partial charge is 0.354 e. The van der Waals surface area contributed by atoms with Gasteiger partial charge in [0.05, 0.1) is 6.04 Å². The number of likely N-dealkylation sites (N-methyl/N-ethyl adjacent to an activating group) is 1. The van der Waals surface area contributed by atoms with Crippen LogP contribution in [0.15, 0.2) is 18.5 Å². The molecule has 0 amide bonds. The monoisotopic (exact) mass is 224 g/mol. The maximum Gasteiger partial charge on any atom is 0.176 e. The van der Waals surface area contributed by atoms with Gasteiger partial charge in [0, 0.05) is 26.6 Å². The molecule has 0 saturated carbocycles. The van der Waals surface area contributed by atoms with Crippen molar-refractivity contribution in [3.63, 3.8) is 0 Å². The van der Waals surface area contributed by atoms with Crippen molar-refractivity contribution in [3.05, 3.63) is 29.6 Å². The molecule has 0 aliphatic carbocycles. The molecule has 1 heterocycles. The van der Waals surface area contributed by atoms with Gasteiger partial charge < -0.3 is 14.8 Å². The molecule has 1 unspecified atom stereocenters. The molecule has 0 aliphatic heterocycles. The number of nitrogens with zero attached hydrogens (tertiary/aromatic N) is 1. The second-order valence-corrected chi connectivity index (χ2v) is 3.67. The Hall–Kier alpha value is -0.970. The first kappa shape index (κ1) is 13.1. The van der Waals surface area contributed by atoms with Crippen LogP contribution in [0.2, 0.25) is 0 Å². The molecule has 0 aliphatic rings. The van der Waals surface area contributed by atoms with Gasteiger partial charge in [-0.25, -0.2) is 0 Å². The Balaban J connectivity index is 2.91. The summed E-state index contributed by atoms with van der Waals surface area (Å²) in [6.07, 6.45) is 3.37. The highest BCUT2D eigenvalue weighted by Crippen LogP contribution is 2.19. The van der Waals surface area contributed by atoms with Gasteiger partial charge in [-0.3, -0.25) is 4.98 Å². The van der Waals surface area contributed by atoms with Crippen molar-refractivity contribution in [1.82, 2.24) is 10.3 Å². The lowest BCUT2D eigenvalue weighted by Crippen LogP contribution is -2.34. The van der Waals surface area contributed by atoms with Gasteiger partial charge in [-0.15, -0.1) is 0 Å². The predicted molar refractivity (Wildman–Crippen MR) is 63.2 cm³/mol. The number of hydrogen-bond acceptors (Lipinski definition) is 4. The Bertz CT molecular complexity index is 314. The SMILES string of the molecule is CCNC(c1cncc(C)c1)C(OC)OC. The van der Waals surface area contributed by atoms with E-state index < -0.39 is 0 Å². The highest BCUT2D eigenvalue weighted by Gasteiger charge is 2.22. The number of pyridine rings is 1. The summed E-state index contributed by atoms with van der Waals surface area (Å²) in [6.45, 7) is 4.93. The maximum atomic E-state index is 5.30. The molecule has 0 spiro atoms. The third-order valence-corrected chi connectivity index (χ3v) is 2.42. The molecule has 1 atom stereocenters. The van der Waals surface area contributed by atoms with Crippen molar-refractivity contribution in [2.24, 2.45) is 0 Å². The Morgan fingerprint density at radius 3 is 2.50 bits per heavy atom. The highest BCUT2D eigenvalue weighted by atomic mass is 16.7. The van der Waals surface area contributed by atoms with Crippen molar-refractivity contribution in [3.8, 4) is 0 Å². The molecule has 0 radical (unpaired) electrons. The Labute approximate surface area is 97.0 Å². The van der Waals surface area contributed by atoms with Crippen LogP contribution in [0.3, 0.4) is 0 Å². The van der Waals surface area contributed by atoms with E-state index in [4.69, 9.17) is 9.47 Å². The van der Waals surface area contributed by atoms with E-state index in [2.05, 4.69) is 23.3 Å². The van der Waals surface area contributed by atoms with Crippen LogP contribution in [-0.2, 0) is 9.47 Å². The van der Waals surface area contributed by atoms with E-state index in [-0.39, 0.29) is 12.3 Å². The second-order valence-electron chi connectivity index (χ2n) is 3.67. The molecule has 4 nitrogen and oxygen atoms in total. The van der Waals surface area contributed by atoms with Crippen LogP contribution in [-0.4, -0.2) is 32.0 Å². The van der Waals surface area contributed by atoms with Gasteiger partial charge in [0.1, 0.15) is 0 Å². The molecule has 1 aromatic heterocycles. The molecule has 16 heavy (non-hydrogen) atoms.